The summed E-state index contributed by atoms with van der Waals surface area (Å²) < 4.78 is 0. The lowest BCUT2D eigenvalue weighted by molar-refractivity contribution is 1.16. The van der Waals surface area contributed by atoms with E-state index >= 15 is 0 Å². The van der Waals surface area contributed by atoms with Crippen LogP contribution in [-0.4, -0.2) is 9.97 Å². The van der Waals surface area contributed by atoms with Crippen molar-refractivity contribution >= 4 is 23.1 Å². The molecule has 0 saturated heterocycles. The van der Waals surface area contributed by atoms with Crippen molar-refractivity contribution in [1.82, 2.24) is 9.97 Å². The third-order valence-corrected chi connectivity index (χ3v) is 3.68. The minimum Gasteiger partial charge on any atom is -0.339 e. The van der Waals surface area contributed by atoms with E-state index in [2.05, 4.69) is 26.7 Å². The number of hydrogen-bond acceptors (Lipinski definition) is 5. The van der Waals surface area contributed by atoms with Crippen LogP contribution in [0.4, 0.5) is 23.1 Å². The van der Waals surface area contributed by atoms with Crippen LogP contribution in [0.2, 0.25) is 0 Å². The van der Waals surface area contributed by atoms with E-state index < -0.39 is 0 Å². The first kappa shape index (κ1) is 15.5. The van der Waals surface area contributed by atoms with Crippen molar-refractivity contribution in [1.29, 1.82) is 5.26 Å². The third kappa shape index (κ3) is 3.33. The van der Waals surface area contributed by atoms with E-state index in [1.165, 1.54) is 0 Å². The van der Waals surface area contributed by atoms with Crippen molar-refractivity contribution in [2.75, 3.05) is 10.6 Å². The lowest BCUT2D eigenvalue weighted by Crippen LogP contribution is -2.03. The monoisotopic (exact) mass is 315 g/mol. The highest BCUT2D eigenvalue weighted by atomic mass is 15.1. The average molecular weight is 315 g/mol. The number of anilines is 4. The molecule has 0 bridgehead atoms. The zero-order valence-corrected chi connectivity index (χ0v) is 13.5. The number of nitrogens with one attached hydrogen (secondary N) is 2. The maximum atomic E-state index is 9.17. The number of para-hydroxylation sites is 2. The van der Waals surface area contributed by atoms with Gasteiger partial charge in [0.2, 0.25) is 5.95 Å². The predicted molar refractivity (Wildman–Crippen MR) is 95.7 cm³/mol. The first-order valence-corrected chi connectivity index (χ1v) is 7.60. The Bertz CT molecular complexity index is 891. The molecule has 118 valence electrons. The van der Waals surface area contributed by atoms with Crippen molar-refractivity contribution in [2.45, 2.75) is 13.8 Å². The highest BCUT2D eigenvalue weighted by Crippen LogP contribution is 2.24. The van der Waals surface area contributed by atoms with Gasteiger partial charge in [0, 0.05) is 11.9 Å². The van der Waals surface area contributed by atoms with E-state index in [4.69, 9.17) is 0 Å². The second-order valence-electron chi connectivity index (χ2n) is 5.44. The van der Waals surface area contributed by atoms with E-state index in [-0.39, 0.29) is 0 Å². The largest absolute Gasteiger partial charge is 0.339 e. The molecule has 0 atom stereocenters. The van der Waals surface area contributed by atoms with Gasteiger partial charge in [0.25, 0.3) is 0 Å². The molecule has 0 aliphatic heterocycles. The molecule has 3 rings (SSSR count). The summed E-state index contributed by atoms with van der Waals surface area (Å²) in [5.74, 6) is 1.13. The van der Waals surface area contributed by atoms with Crippen molar-refractivity contribution in [3.63, 3.8) is 0 Å². The van der Waals surface area contributed by atoms with E-state index in [1.807, 2.05) is 50.2 Å². The van der Waals surface area contributed by atoms with E-state index in [1.54, 1.807) is 18.3 Å². The molecule has 0 saturated carbocycles. The molecule has 2 aromatic carbocycles. The molecule has 2 N–H and O–H groups in total. The molecule has 5 heteroatoms. The van der Waals surface area contributed by atoms with Crippen LogP contribution in [0, 0.1) is 25.2 Å². The molecule has 0 amide bonds. The quantitative estimate of drug-likeness (QED) is 0.744. The Balaban J connectivity index is 1.86. The summed E-state index contributed by atoms with van der Waals surface area (Å²) in [4.78, 5) is 8.75. The molecule has 0 radical (unpaired) electrons. The normalized spacial score (nSPS) is 10.0. The second kappa shape index (κ2) is 6.80. The number of aromatic nitrogens is 2. The van der Waals surface area contributed by atoms with Gasteiger partial charge in [-0.1, -0.05) is 30.3 Å². The summed E-state index contributed by atoms with van der Waals surface area (Å²) in [5, 5.41) is 15.6. The van der Waals surface area contributed by atoms with Crippen molar-refractivity contribution in [3.8, 4) is 6.07 Å². The molecular formula is C19H17N5. The van der Waals surface area contributed by atoms with Crippen LogP contribution in [-0.2, 0) is 0 Å². The first-order valence-electron chi connectivity index (χ1n) is 7.60. The van der Waals surface area contributed by atoms with Crippen LogP contribution in [0.25, 0.3) is 0 Å². The highest BCUT2D eigenvalue weighted by Gasteiger charge is 2.06. The number of hydrogen-bond donors (Lipinski definition) is 2. The molecule has 24 heavy (non-hydrogen) atoms. The molecule has 0 aliphatic rings. The van der Waals surface area contributed by atoms with Gasteiger partial charge >= 0.3 is 0 Å². The van der Waals surface area contributed by atoms with Crippen molar-refractivity contribution < 1.29 is 0 Å². The topological polar surface area (TPSA) is 73.6 Å². The summed E-state index contributed by atoms with van der Waals surface area (Å²) in [6.45, 7) is 4.08. The number of aryl methyl sites for hydroxylation is 2. The highest BCUT2D eigenvalue weighted by molar-refractivity contribution is 5.66. The molecule has 3 aromatic rings. The van der Waals surface area contributed by atoms with Crippen LogP contribution in [0.15, 0.2) is 54.7 Å². The van der Waals surface area contributed by atoms with Gasteiger partial charge in [0.1, 0.15) is 11.9 Å². The summed E-state index contributed by atoms with van der Waals surface area (Å²) in [6.07, 6.45) is 1.68. The van der Waals surface area contributed by atoms with Crippen LogP contribution in [0.3, 0.4) is 0 Å². The maximum absolute atomic E-state index is 9.17. The number of benzene rings is 2. The zero-order chi connectivity index (χ0) is 16.9. The summed E-state index contributed by atoms with van der Waals surface area (Å²) in [7, 11) is 0. The fraction of sp³-hybridized carbons (Fsp3) is 0.105. The Morgan fingerprint density at radius 1 is 0.917 bits per heavy atom. The second-order valence-corrected chi connectivity index (χ2v) is 5.44. The molecular weight excluding hydrogens is 298 g/mol. The lowest BCUT2D eigenvalue weighted by Gasteiger charge is -2.12. The minimum atomic E-state index is 0.506. The number of nitrogens with zero attached hydrogens (tertiary/aromatic N) is 3. The van der Waals surface area contributed by atoms with E-state index in [9.17, 15) is 5.26 Å². The van der Waals surface area contributed by atoms with Crippen molar-refractivity contribution in [3.05, 3.63) is 71.4 Å². The van der Waals surface area contributed by atoms with Crippen molar-refractivity contribution in [2.24, 2.45) is 0 Å². The van der Waals surface area contributed by atoms with Gasteiger partial charge in [-0.25, -0.2) is 4.98 Å². The van der Waals surface area contributed by atoms with Crippen LogP contribution < -0.4 is 10.6 Å². The summed E-state index contributed by atoms with van der Waals surface area (Å²) in [6, 6.07) is 17.4. The smallest absolute Gasteiger partial charge is 0.229 e. The molecule has 0 spiro atoms. The molecule has 1 aromatic heterocycles. The summed E-state index contributed by atoms with van der Waals surface area (Å²) in [5.41, 5.74) is 4.56. The fourth-order valence-electron chi connectivity index (χ4n) is 2.44. The maximum Gasteiger partial charge on any atom is 0.229 e. The van der Waals surface area contributed by atoms with Crippen LogP contribution in [0.1, 0.15) is 16.7 Å². The van der Waals surface area contributed by atoms with Crippen LogP contribution >= 0.6 is 0 Å². The van der Waals surface area contributed by atoms with Gasteiger partial charge < -0.3 is 10.6 Å². The van der Waals surface area contributed by atoms with Gasteiger partial charge in [-0.05, 0) is 43.2 Å². The Kier molecular flexibility index (Phi) is 4.39. The molecule has 0 unspecified atom stereocenters. The molecule has 0 fully saturated rings. The molecule has 1 heterocycles. The summed E-state index contributed by atoms with van der Waals surface area (Å²) >= 11 is 0. The number of rotatable bonds is 4. The molecule has 0 aliphatic carbocycles. The van der Waals surface area contributed by atoms with E-state index in [0.29, 0.717) is 17.3 Å². The lowest BCUT2D eigenvalue weighted by atomic mass is 10.1. The van der Waals surface area contributed by atoms with Gasteiger partial charge in [-0.2, -0.15) is 10.2 Å². The minimum absolute atomic E-state index is 0.506. The average Bonchev–Trinajstić information content (AvgIpc) is 2.59. The standard InChI is InChI=1S/C19H17N5/c1-13-6-5-7-14(2)18(13)24-19-21-11-10-17(23-19)22-16-9-4-3-8-15(16)12-20/h3-11H,1-2H3,(H2,21,22,23,24). The Morgan fingerprint density at radius 3 is 2.42 bits per heavy atom. The third-order valence-electron chi connectivity index (χ3n) is 3.68. The predicted octanol–water partition coefficient (Wildman–Crippen LogP) is 4.45. The fourth-order valence-corrected chi connectivity index (χ4v) is 2.44. The Hall–Kier alpha value is -3.39. The van der Waals surface area contributed by atoms with Gasteiger partial charge in [0.05, 0.1) is 11.3 Å². The Labute approximate surface area is 141 Å². The molecule has 5 nitrogen and oxygen atoms in total. The number of nitriles is 1. The Morgan fingerprint density at radius 2 is 1.67 bits per heavy atom. The SMILES string of the molecule is Cc1cccc(C)c1Nc1nccc(Nc2ccccc2C#N)n1. The first-order chi connectivity index (χ1) is 11.7. The zero-order valence-electron chi connectivity index (χ0n) is 13.5. The van der Waals surface area contributed by atoms with Gasteiger partial charge in [-0.15, -0.1) is 0 Å². The van der Waals surface area contributed by atoms with E-state index in [0.717, 1.165) is 22.5 Å². The van der Waals surface area contributed by atoms with Gasteiger partial charge in [-0.3, -0.25) is 0 Å². The van der Waals surface area contributed by atoms with Crippen LogP contribution in [0.5, 0.6) is 0 Å². The van der Waals surface area contributed by atoms with Gasteiger partial charge in [0.15, 0.2) is 0 Å².